The van der Waals surface area contributed by atoms with E-state index in [1.54, 1.807) is 13.3 Å². The Bertz CT molecular complexity index is 367. The Balaban J connectivity index is 2.55. The molecule has 0 aromatic heterocycles. The van der Waals surface area contributed by atoms with Crippen molar-refractivity contribution < 1.29 is 10.0 Å². The van der Waals surface area contributed by atoms with Gasteiger partial charge in [-0.1, -0.05) is 12.1 Å². The highest BCUT2D eigenvalue weighted by Gasteiger charge is 2.46. The molecule has 13 heavy (non-hydrogen) atoms. The molecule has 0 spiro atoms. The molecule has 66 valence electrons. The molecule has 0 amide bonds. The van der Waals surface area contributed by atoms with Crippen molar-refractivity contribution in [3.05, 3.63) is 29.8 Å². The van der Waals surface area contributed by atoms with Gasteiger partial charge in [0.05, 0.1) is 18.8 Å². The van der Waals surface area contributed by atoms with E-state index in [9.17, 15) is 10.0 Å². The molecule has 0 saturated heterocycles. The smallest absolute Gasteiger partial charge is 0.368 e. The highest BCUT2D eigenvalue weighted by molar-refractivity contribution is 6.43. The van der Waals surface area contributed by atoms with E-state index >= 15 is 0 Å². The van der Waals surface area contributed by atoms with Gasteiger partial charge in [-0.15, -0.1) is 5.10 Å². The summed E-state index contributed by atoms with van der Waals surface area (Å²) >= 11 is 0. The molecule has 1 unspecified atom stereocenters. The molecule has 1 aromatic rings. The summed E-state index contributed by atoms with van der Waals surface area (Å²) in [5.41, 5.74) is 1.73. The quantitative estimate of drug-likeness (QED) is 0.590. The molecule has 0 saturated carbocycles. The lowest BCUT2D eigenvalue weighted by Gasteiger charge is -2.22. The lowest BCUT2D eigenvalue weighted by molar-refractivity contribution is 0.307. The van der Waals surface area contributed by atoms with Gasteiger partial charge in [-0.25, -0.2) is 0 Å². The third-order valence-corrected chi connectivity index (χ3v) is 2.31. The zero-order chi connectivity index (χ0) is 9.47. The van der Waals surface area contributed by atoms with Crippen molar-refractivity contribution in [1.29, 1.82) is 0 Å². The van der Waals surface area contributed by atoms with Gasteiger partial charge in [0.25, 0.3) is 0 Å². The molecule has 0 bridgehead atoms. The van der Waals surface area contributed by atoms with Crippen LogP contribution >= 0.6 is 0 Å². The van der Waals surface area contributed by atoms with Gasteiger partial charge in [0, 0.05) is 6.07 Å². The van der Waals surface area contributed by atoms with Crippen molar-refractivity contribution >= 4 is 19.2 Å². The average Bonchev–Trinajstić information content (AvgIpc) is 2.47. The van der Waals surface area contributed by atoms with Crippen LogP contribution < -0.4 is 4.50 Å². The minimum Gasteiger partial charge on any atom is -0.368 e. The van der Waals surface area contributed by atoms with Gasteiger partial charge in [-0.05, 0) is 6.07 Å². The Labute approximate surface area is 76.5 Å². The summed E-state index contributed by atoms with van der Waals surface area (Å²) in [4.78, 5) is 0. The minimum absolute atomic E-state index is 0.212. The van der Waals surface area contributed by atoms with Crippen LogP contribution in [0.1, 0.15) is 5.56 Å². The molecule has 1 atom stereocenters. The maximum atomic E-state index is 9.17. The zero-order valence-corrected chi connectivity index (χ0v) is 7.25. The molecule has 4 nitrogen and oxygen atoms in total. The van der Waals surface area contributed by atoms with Crippen LogP contribution in [0.15, 0.2) is 29.4 Å². The summed E-state index contributed by atoms with van der Waals surface area (Å²) in [5, 5.41) is 22.4. The summed E-state index contributed by atoms with van der Waals surface area (Å²) in [5.74, 6) is 0. The van der Waals surface area contributed by atoms with Crippen LogP contribution in [0.25, 0.3) is 0 Å². The van der Waals surface area contributed by atoms with Gasteiger partial charge in [0.2, 0.25) is 0 Å². The largest absolute Gasteiger partial charge is 0.787 e. The number of rotatable bonds is 1. The topological polar surface area (TPSA) is 52.8 Å². The fraction of sp³-hybridized carbons (Fsp3) is 0.125. The van der Waals surface area contributed by atoms with Crippen LogP contribution in [-0.4, -0.2) is 30.6 Å². The number of benzene rings is 1. The van der Waals surface area contributed by atoms with Crippen LogP contribution in [0.3, 0.4) is 0 Å². The van der Waals surface area contributed by atoms with Crippen molar-refractivity contribution in [2.75, 3.05) is 7.05 Å². The third-order valence-electron chi connectivity index (χ3n) is 2.31. The lowest BCUT2D eigenvalue weighted by atomic mass is 10.0. The van der Waals surface area contributed by atoms with Gasteiger partial charge >= 0.3 is 7.25 Å². The predicted molar refractivity (Wildman–Crippen MR) is 51.9 cm³/mol. The van der Waals surface area contributed by atoms with E-state index in [1.807, 2.05) is 24.3 Å². The second-order valence-electron chi connectivity index (χ2n) is 3.18. The molecule has 2 rings (SSSR count). The molecule has 0 fully saturated rings. The number of hydrogen-bond acceptors (Lipinski definition) is 3. The van der Waals surface area contributed by atoms with E-state index < -0.39 is 7.25 Å². The van der Waals surface area contributed by atoms with Crippen LogP contribution in [0.2, 0.25) is 0 Å². The van der Waals surface area contributed by atoms with Crippen molar-refractivity contribution in [3.63, 3.8) is 0 Å². The SMILES string of the molecule is C[N+]1(B(O)O)N=Cc2ccccc21. The van der Waals surface area contributed by atoms with Gasteiger partial charge in [0.1, 0.15) is 0 Å². The Morgan fingerprint density at radius 1 is 1.31 bits per heavy atom. The number of para-hydroxylation sites is 1. The Kier molecular flexibility index (Phi) is 1.73. The first-order valence-corrected chi connectivity index (χ1v) is 4.02. The fourth-order valence-electron chi connectivity index (χ4n) is 1.44. The van der Waals surface area contributed by atoms with E-state index in [0.717, 1.165) is 11.3 Å². The average molecular weight is 177 g/mol. The second kappa shape index (κ2) is 2.66. The normalized spacial score (nSPS) is 24.5. The highest BCUT2D eigenvalue weighted by atomic mass is 16.4. The Morgan fingerprint density at radius 3 is 2.69 bits per heavy atom. The number of hydrogen-bond donors (Lipinski definition) is 2. The lowest BCUT2D eigenvalue weighted by Crippen LogP contribution is -2.51. The Morgan fingerprint density at radius 2 is 2.00 bits per heavy atom. The number of nitrogens with zero attached hydrogens (tertiary/aromatic N) is 2. The van der Waals surface area contributed by atoms with Crippen molar-refractivity contribution in [2.24, 2.45) is 5.10 Å². The van der Waals surface area contributed by atoms with E-state index in [-0.39, 0.29) is 4.50 Å². The first-order chi connectivity index (χ1) is 6.14. The second-order valence-corrected chi connectivity index (χ2v) is 3.18. The predicted octanol–water partition coefficient (Wildman–Crippen LogP) is -0.0593. The molecule has 1 aromatic carbocycles. The fourth-order valence-corrected chi connectivity index (χ4v) is 1.44. The molecule has 0 radical (unpaired) electrons. The van der Waals surface area contributed by atoms with Crippen molar-refractivity contribution in [1.82, 2.24) is 4.50 Å². The van der Waals surface area contributed by atoms with Crippen LogP contribution in [0.5, 0.6) is 0 Å². The first kappa shape index (κ1) is 8.43. The third kappa shape index (κ3) is 1.09. The van der Waals surface area contributed by atoms with Gasteiger partial charge < -0.3 is 10.0 Å². The van der Waals surface area contributed by atoms with Crippen LogP contribution in [0.4, 0.5) is 5.69 Å². The van der Waals surface area contributed by atoms with E-state index in [4.69, 9.17) is 0 Å². The summed E-state index contributed by atoms with van der Waals surface area (Å²) in [6.07, 6.45) is 1.65. The standard InChI is InChI=1S/C8H10BN2O2/c1-11(9(12)13)8-5-3-2-4-7(8)6-10-11/h2-6,12-13H,1H3/q+1. The van der Waals surface area contributed by atoms with Crippen molar-refractivity contribution in [2.45, 2.75) is 0 Å². The highest BCUT2D eigenvalue weighted by Crippen LogP contribution is 2.30. The minimum atomic E-state index is -1.51. The van der Waals surface area contributed by atoms with Crippen LogP contribution in [-0.2, 0) is 0 Å². The molecular weight excluding hydrogens is 167 g/mol. The van der Waals surface area contributed by atoms with Gasteiger partial charge in [-0.2, -0.15) is 4.50 Å². The number of quaternary nitrogens is 1. The van der Waals surface area contributed by atoms with E-state index in [0.29, 0.717) is 0 Å². The molecule has 5 heteroatoms. The zero-order valence-electron chi connectivity index (χ0n) is 7.25. The van der Waals surface area contributed by atoms with E-state index in [1.165, 1.54) is 0 Å². The van der Waals surface area contributed by atoms with Gasteiger partial charge in [0.15, 0.2) is 5.69 Å². The molecule has 1 aliphatic rings. The monoisotopic (exact) mass is 177 g/mol. The molecule has 2 N–H and O–H groups in total. The molecule has 1 aliphatic heterocycles. The molecule has 1 heterocycles. The van der Waals surface area contributed by atoms with Gasteiger partial charge in [-0.3, -0.25) is 0 Å². The summed E-state index contributed by atoms with van der Waals surface area (Å²) in [6, 6.07) is 7.48. The maximum Gasteiger partial charge on any atom is 0.787 e. The van der Waals surface area contributed by atoms with Crippen LogP contribution in [0, 0.1) is 0 Å². The molecular formula is C8H10BN2O2+. The Hall–Kier alpha value is -1.17. The summed E-state index contributed by atoms with van der Waals surface area (Å²) in [7, 11) is 0.132. The van der Waals surface area contributed by atoms with Crippen molar-refractivity contribution in [3.8, 4) is 0 Å². The molecule has 0 aliphatic carbocycles. The summed E-state index contributed by atoms with van der Waals surface area (Å²) < 4.78 is -0.212. The number of fused-ring (bicyclic) bond motifs is 1. The first-order valence-electron chi connectivity index (χ1n) is 4.02. The maximum absolute atomic E-state index is 9.17. The van der Waals surface area contributed by atoms with E-state index in [2.05, 4.69) is 5.10 Å². The summed E-state index contributed by atoms with van der Waals surface area (Å²) in [6.45, 7) is 0.